The highest BCUT2D eigenvalue weighted by molar-refractivity contribution is 5.93. The number of hydrogen-bond donors (Lipinski definition) is 1. The number of aryl methyl sites for hydroxylation is 1. The van der Waals surface area contributed by atoms with Crippen molar-refractivity contribution in [3.63, 3.8) is 0 Å². The fraction of sp³-hybridized carbons (Fsp3) is 0.286. The Morgan fingerprint density at radius 2 is 2.32 bits per heavy atom. The number of nitrogens with two attached hydrogens (primary N) is 1. The molecule has 2 heterocycles. The maximum Gasteiger partial charge on any atom is 0.229 e. The van der Waals surface area contributed by atoms with Crippen LogP contribution in [0, 0.1) is 0 Å². The molecule has 98 valence electrons. The first-order chi connectivity index (χ1) is 9.16. The molecule has 5 nitrogen and oxygen atoms in total. The van der Waals surface area contributed by atoms with Crippen molar-refractivity contribution in [1.29, 1.82) is 0 Å². The molecule has 19 heavy (non-hydrogen) atoms. The number of hydrogen-bond acceptors (Lipinski definition) is 4. The number of anilines is 2. The molecule has 0 fully saturated rings. The first-order valence-electron chi connectivity index (χ1n) is 6.28. The molecule has 1 aromatic carbocycles. The molecule has 2 N–H and O–H groups in total. The highest BCUT2D eigenvalue weighted by Crippen LogP contribution is 2.33. The molecule has 0 bridgehead atoms. The van der Waals surface area contributed by atoms with Gasteiger partial charge in [0.1, 0.15) is 0 Å². The molecule has 0 spiro atoms. The standard InChI is InChI=1S/C14H15N3O2/c1-9(18)17-6-2-3-11-7-10(4-5-13(11)17)12-8-16-19-14(12)15/h4-5,7-8H,2-3,6,15H2,1H3. The lowest BCUT2D eigenvalue weighted by atomic mass is 9.97. The SMILES string of the molecule is CC(=O)N1CCCc2cc(-c3cnoc3N)ccc21. The number of nitrogens with zero attached hydrogens (tertiary/aromatic N) is 2. The monoisotopic (exact) mass is 257 g/mol. The van der Waals surface area contributed by atoms with E-state index in [0.717, 1.165) is 36.2 Å². The Morgan fingerprint density at radius 3 is 3.00 bits per heavy atom. The van der Waals surface area contributed by atoms with Crippen molar-refractivity contribution in [2.24, 2.45) is 0 Å². The van der Waals surface area contributed by atoms with Crippen LogP contribution in [0.2, 0.25) is 0 Å². The highest BCUT2D eigenvalue weighted by atomic mass is 16.5. The third kappa shape index (κ3) is 1.97. The molecule has 1 aromatic heterocycles. The molecule has 0 atom stereocenters. The number of aromatic nitrogens is 1. The smallest absolute Gasteiger partial charge is 0.229 e. The summed E-state index contributed by atoms with van der Waals surface area (Å²) in [6, 6.07) is 5.98. The van der Waals surface area contributed by atoms with Crippen LogP contribution in [0.5, 0.6) is 0 Å². The number of benzene rings is 1. The van der Waals surface area contributed by atoms with Gasteiger partial charge in [-0.15, -0.1) is 0 Å². The summed E-state index contributed by atoms with van der Waals surface area (Å²) in [5.41, 5.74) is 9.66. The van der Waals surface area contributed by atoms with Crippen LogP contribution in [0.15, 0.2) is 28.9 Å². The van der Waals surface area contributed by atoms with Crippen LogP contribution in [-0.2, 0) is 11.2 Å². The van der Waals surface area contributed by atoms with E-state index in [1.54, 1.807) is 13.1 Å². The maximum atomic E-state index is 11.6. The summed E-state index contributed by atoms with van der Waals surface area (Å²) in [6.45, 7) is 2.39. The third-order valence-corrected chi connectivity index (χ3v) is 3.49. The summed E-state index contributed by atoms with van der Waals surface area (Å²) >= 11 is 0. The average molecular weight is 257 g/mol. The molecule has 0 radical (unpaired) electrons. The maximum absolute atomic E-state index is 11.6. The Morgan fingerprint density at radius 1 is 1.47 bits per heavy atom. The van der Waals surface area contributed by atoms with Crippen LogP contribution in [0.3, 0.4) is 0 Å². The van der Waals surface area contributed by atoms with E-state index in [2.05, 4.69) is 11.2 Å². The Kier molecular flexibility index (Phi) is 2.74. The number of rotatable bonds is 1. The molecular weight excluding hydrogens is 242 g/mol. The fourth-order valence-electron chi connectivity index (χ4n) is 2.56. The molecule has 2 aromatic rings. The summed E-state index contributed by atoms with van der Waals surface area (Å²) in [7, 11) is 0. The quantitative estimate of drug-likeness (QED) is 0.850. The second kappa shape index (κ2) is 4.42. The number of carbonyl (C=O) groups is 1. The first kappa shape index (κ1) is 11.8. The van der Waals surface area contributed by atoms with Crippen molar-refractivity contribution in [2.75, 3.05) is 17.2 Å². The van der Waals surface area contributed by atoms with Crippen molar-refractivity contribution in [3.05, 3.63) is 30.0 Å². The van der Waals surface area contributed by atoms with Crippen molar-refractivity contribution >= 4 is 17.5 Å². The lowest BCUT2D eigenvalue weighted by molar-refractivity contribution is -0.116. The van der Waals surface area contributed by atoms with E-state index < -0.39 is 0 Å². The Bertz CT molecular complexity index is 633. The van der Waals surface area contributed by atoms with E-state index in [1.165, 1.54) is 5.56 Å². The zero-order chi connectivity index (χ0) is 13.4. The minimum Gasteiger partial charge on any atom is -0.367 e. The zero-order valence-electron chi connectivity index (χ0n) is 10.7. The predicted octanol–water partition coefficient (Wildman–Crippen LogP) is 2.22. The van der Waals surface area contributed by atoms with Gasteiger partial charge in [-0.1, -0.05) is 11.2 Å². The van der Waals surface area contributed by atoms with Gasteiger partial charge in [0, 0.05) is 19.2 Å². The molecule has 5 heteroatoms. The average Bonchev–Trinajstić information content (AvgIpc) is 2.83. The molecule has 1 aliphatic heterocycles. The van der Waals surface area contributed by atoms with Gasteiger partial charge in [-0.3, -0.25) is 4.79 Å². The lowest BCUT2D eigenvalue weighted by Crippen LogP contribution is -2.33. The van der Waals surface area contributed by atoms with Crippen LogP contribution in [0.4, 0.5) is 11.6 Å². The van der Waals surface area contributed by atoms with E-state index in [1.807, 2.05) is 17.0 Å². The molecule has 0 saturated heterocycles. The van der Waals surface area contributed by atoms with Crippen molar-refractivity contribution in [1.82, 2.24) is 5.16 Å². The summed E-state index contributed by atoms with van der Waals surface area (Å²) in [4.78, 5) is 13.4. The van der Waals surface area contributed by atoms with Gasteiger partial charge in [-0.25, -0.2) is 0 Å². The van der Waals surface area contributed by atoms with Gasteiger partial charge < -0.3 is 15.2 Å². The molecular formula is C14H15N3O2. The van der Waals surface area contributed by atoms with E-state index in [-0.39, 0.29) is 5.91 Å². The first-order valence-corrected chi connectivity index (χ1v) is 6.28. The van der Waals surface area contributed by atoms with Crippen molar-refractivity contribution in [2.45, 2.75) is 19.8 Å². The topological polar surface area (TPSA) is 72.4 Å². The molecule has 1 aliphatic rings. The number of fused-ring (bicyclic) bond motifs is 1. The normalized spacial score (nSPS) is 14.3. The summed E-state index contributed by atoms with van der Waals surface area (Å²) < 4.78 is 4.89. The molecule has 0 unspecified atom stereocenters. The minimum atomic E-state index is 0.0817. The van der Waals surface area contributed by atoms with E-state index in [9.17, 15) is 4.79 Å². The molecule has 3 rings (SSSR count). The number of carbonyl (C=O) groups excluding carboxylic acids is 1. The second-order valence-corrected chi connectivity index (χ2v) is 4.72. The second-order valence-electron chi connectivity index (χ2n) is 4.72. The van der Waals surface area contributed by atoms with Crippen LogP contribution in [-0.4, -0.2) is 17.6 Å². The van der Waals surface area contributed by atoms with Crippen LogP contribution >= 0.6 is 0 Å². The van der Waals surface area contributed by atoms with E-state index in [4.69, 9.17) is 10.3 Å². The third-order valence-electron chi connectivity index (χ3n) is 3.49. The zero-order valence-corrected chi connectivity index (χ0v) is 10.7. The van der Waals surface area contributed by atoms with Gasteiger partial charge in [0.15, 0.2) is 0 Å². The Balaban J connectivity index is 2.05. The van der Waals surface area contributed by atoms with Crippen molar-refractivity contribution in [3.8, 4) is 11.1 Å². The van der Waals surface area contributed by atoms with Crippen LogP contribution < -0.4 is 10.6 Å². The Hall–Kier alpha value is -2.30. The minimum absolute atomic E-state index is 0.0817. The van der Waals surface area contributed by atoms with Gasteiger partial charge in [0.25, 0.3) is 0 Å². The summed E-state index contributed by atoms with van der Waals surface area (Å²) in [5, 5.41) is 3.69. The molecule has 0 saturated carbocycles. The van der Waals surface area contributed by atoms with Crippen LogP contribution in [0.25, 0.3) is 11.1 Å². The van der Waals surface area contributed by atoms with Gasteiger partial charge in [-0.2, -0.15) is 0 Å². The van der Waals surface area contributed by atoms with E-state index >= 15 is 0 Å². The van der Waals surface area contributed by atoms with Gasteiger partial charge in [0.2, 0.25) is 11.8 Å². The van der Waals surface area contributed by atoms with E-state index in [0.29, 0.717) is 5.88 Å². The Labute approximate surface area is 111 Å². The van der Waals surface area contributed by atoms with Gasteiger partial charge in [-0.05, 0) is 36.1 Å². The number of amides is 1. The summed E-state index contributed by atoms with van der Waals surface area (Å²) in [6.07, 6.45) is 3.57. The highest BCUT2D eigenvalue weighted by Gasteiger charge is 2.20. The van der Waals surface area contributed by atoms with Crippen molar-refractivity contribution < 1.29 is 9.32 Å². The summed E-state index contributed by atoms with van der Waals surface area (Å²) in [5.74, 6) is 0.400. The largest absolute Gasteiger partial charge is 0.367 e. The molecule has 1 amide bonds. The van der Waals surface area contributed by atoms with Gasteiger partial charge >= 0.3 is 0 Å². The van der Waals surface area contributed by atoms with Gasteiger partial charge in [0.05, 0.1) is 11.8 Å². The fourth-order valence-corrected chi connectivity index (χ4v) is 2.56. The predicted molar refractivity (Wildman–Crippen MR) is 72.7 cm³/mol. The lowest BCUT2D eigenvalue weighted by Gasteiger charge is -2.28. The molecule has 0 aliphatic carbocycles. The number of nitrogen functional groups attached to an aromatic ring is 1. The van der Waals surface area contributed by atoms with Crippen LogP contribution in [0.1, 0.15) is 18.9 Å².